The van der Waals surface area contributed by atoms with Gasteiger partial charge in [0.05, 0.1) is 5.60 Å². The third-order valence-corrected chi connectivity index (χ3v) is 5.07. The zero-order chi connectivity index (χ0) is 13.1. The molecule has 0 radical (unpaired) electrons. The third kappa shape index (κ3) is 3.23. The molecule has 3 nitrogen and oxygen atoms in total. The highest BCUT2D eigenvalue weighted by molar-refractivity contribution is 14.1. The normalized spacial score (nSPS) is 26.3. The summed E-state index contributed by atoms with van der Waals surface area (Å²) in [5, 5.41) is 3.69. The molecule has 0 saturated carbocycles. The number of para-hydroxylation sites is 1. The first-order chi connectivity index (χ1) is 9.27. The summed E-state index contributed by atoms with van der Waals surface area (Å²) < 4.78 is 12.8. The van der Waals surface area contributed by atoms with Crippen molar-refractivity contribution in [2.75, 3.05) is 25.1 Å². The second-order valence-corrected chi connectivity index (χ2v) is 6.62. The Bertz CT molecular complexity index is 426. The van der Waals surface area contributed by atoms with E-state index in [-0.39, 0.29) is 5.60 Å². The maximum Gasteiger partial charge on any atom is 0.0745 e. The van der Waals surface area contributed by atoms with E-state index in [0.29, 0.717) is 6.04 Å². The Hall–Kier alpha value is -0.330. The first-order valence-corrected chi connectivity index (χ1v) is 8.08. The minimum Gasteiger partial charge on any atom is -0.381 e. The highest BCUT2D eigenvalue weighted by Gasteiger charge is 2.39. The van der Waals surface area contributed by atoms with Crippen molar-refractivity contribution < 1.29 is 9.47 Å². The molecule has 104 valence electrons. The van der Waals surface area contributed by atoms with Crippen molar-refractivity contribution in [3.05, 3.63) is 27.8 Å². The van der Waals surface area contributed by atoms with Crippen molar-refractivity contribution in [1.29, 1.82) is 0 Å². The molecular formula is C15H20INO2. The van der Waals surface area contributed by atoms with Gasteiger partial charge < -0.3 is 14.8 Å². The van der Waals surface area contributed by atoms with Gasteiger partial charge in [-0.3, -0.25) is 0 Å². The third-order valence-electron chi connectivity index (χ3n) is 4.13. The topological polar surface area (TPSA) is 30.5 Å². The molecule has 3 rings (SSSR count). The van der Waals surface area contributed by atoms with Crippen LogP contribution in [-0.4, -0.2) is 31.5 Å². The van der Waals surface area contributed by atoms with E-state index in [1.54, 1.807) is 0 Å². The average Bonchev–Trinajstić information content (AvgIpc) is 2.42. The Morgan fingerprint density at radius 3 is 2.74 bits per heavy atom. The van der Waals surface area contributed by atoms with Gasteiger partial charge in [0.25, 0.3) is 0 Å². The van der Waals surface area contributed by atoms with Crippen LogP contribution >= 0.6 is 22.6 Å². The summed E-state index contributed by atoms with van der Waals surface area (Å²) in [5.41, 5.74) is 1.31. The summed E-state index contributed by atoms with van der Waals surface area (Å²) in [4.78, 5) is 0. The van der Waals surface area contributed by atoms with Crippen LogP contribution in [0.25, 0.3) is 0 Å². The van der Waals surface area contributed by atoms with Crippen molar-refractivity contribution in [3.63, 3.8) is 0 Å². The zero-order valence-electron chi connectivity index (χ0n) is 11.0. The average molecular weight is 373 g/mol. The van der Waals surface area contributed by atoms with Gasteiger partial charge >= 0.3 is 0 Å². The maximum absolute atomic E-state index is 6.08. The van der Waals surface area contributed by atoms with Gasteiger partial charge in [-0.05, 0) is 60.4 Å². The largest absolute Gasteiger partial charge is 0.381 e. The van der Waals surface area contributed by atoms with Gasteiger partial charge in [0.15, 0.2) is 0 Å². The summed E-state index contributed by atoms with van der Waals surface area (Å²) in [6.45, 7) is 2.55. The van der Waals surface area contributed by atoms with Crippen molar-refractivity contribution >= 4 is 28.3 Å². The van der Waals surface area contributed by atoms with Gasteiger partial charge in [0, 0.05) is 35.1 Å². The second kappa shape index (κ2) is 5.97. The Morgan fingerprint density at radius 2 is 1.95 bits per heavy atom. The predicted octanol–water partition coefficient (Wildman–Crippen LogP) is 3.43. The minimum absolute atomic E-state index is 0.0639. The van der Waals surface area contributed by atoms with Crippen LogP contribution < -0.4 is 5.32 Å². The molecule has 1 spiro atoms. The van der Waals surface area contributed by atoms with Crippen molar-refractivity contribution in [2.45, 2.75) is 37.3 Å². The quantitative estimate of drug-likeness (QED) is 0.806. The molecule has 0 aliphatic carbocycles. The molecule has 0 aromatic heterocycles. The van der Waals surface area contributed by atoms with Crippen LogP contribution in [0.4, 0.5) is 5.69 Å². The lowest BCUT2D eigenvalue weighted by Crippen LogP contribution is -2.47. The lowest BCUT2D eigenvalue weighted by molar-refractivity contribution is -0.135. The zero-order valence-corrected chi connectivity index (χ0v) is 13.2. The first-order valence-electron chi connectivity index (χ1n) is 7.00. The number of rotatable bonds is 2. The standard InChI is InChI=1S/C15H20INO2/c16-13-3-1-2-4-14(13)17-12-5-8-19-15(11-12)6-9-18-10-7-15/h1-4,12,17H,5-11H2. The molecule has 1 aromatic carbocycles. The summed E-state index contributed by atoms with van der Waals surface area (Å²) in [6, 6.07) is 8.99. The molecule has 4 heteroatoms. The van der Waals surface area contributed by atoms with Crippen LogP contribution in [0.5, 0.6) is 0 Å². The summed E-state index contributed by atoms with van der Waals surface area (Å²) >= 11 is 2.39. The summed E-state index contributed by atoms with van der Waals surface area (Å²) in [5.74, 6) is 0. The molecular weight excluding hydrogens is 353 g/mol. The van der Waals surface area contributed by atoms with Crippen molar-refractivity contribution in [3.8, 4) is 0 Å². The number of anilines is 1. The summed E-state index contributed by atoms with van der Waals surface area (Å²) in [7, 11) is 0. The lowest BCUT2D eigenvalue weighted by atomic mass is 9.84. The number of ether oxygens (including phenoxy) is 2. The first kappa shape index (κ1) is 13.6. The SMILES string of the molecule is Ic1ccccc1NC1CCOC2(CCOCC2)C1. The fourth-order valence-corrected chi connectivity index (χ4v) is 3.58. The Balaban J connectivity index is 1.67. The van der Waals surface area contributed by atoms with E-state index < -0.39 is 0 Å². The second-order valence-electron chi connectivity index (χ2n) is 5.46. The van der Waals surface area contributed by atoms with Crippen molar-refractivity contribution in [1.82, 2.24) is 0 Å². The van der Waals surface area contributed by atoms with Crippen LogP contribution in [-0.2, 0) is 9.47 Å². The molecule has 1 N–H and O–H groups in total. The Kier molecular flexibility index (Phi) is 4.29. The highest BCUT2D eigenvalue weighted by Crippen LogP contribution is 2.35. The monoisotopic (exact) mass is 373 g/mol. The molecule has 1 aromatic rings. The number of hydrogen-bond acceptors (Lipinski definition) is 3. The smallest absolute Gasteiger partial charge is 0.0745 e. The van der Waals surface area contributed by atoms with E-state index in [2.05, 4.69) is 52.2 Å². The molecule has 1 unspecified atom stereocenters. The fraction of sp³-hybridized carbons (Fsp3) is 0.600. The fourth-order valence-electron chi connectivity index (χ4n) is 3.04. The van der Waals surface area contributed by atoms with E-state index in [9.17, 15) is 0 Å². The molecule has 0 bridgehead atoms. The number of nitrogens with one attached hydrogen (secondary N) is 1. The highest BCUT2D eigenvalue weighted by atomic mass is 127. The maximum atomic E-state index is 6.08. The molecule has 2 fully saturated rings. The molecule has 0 amide bonds. The number of halogens is 1. The van der Waals surface area contributed by atoms with Gasteiger partial charge in [-0.1, -0.05) is 12.1 Å². The van der Waals surface area contributed by atoms with Gasteiger partial charge in [-0.25, -0.2) is 0 Å². The van der Waals surface area contributed by atoms with Crippen LogP contribution in [0.2, 0.25) is 0 Å². The van der Waals surface area contributed by atoms with Crippen LogP contribution in [0.3, 0.4) is 0 Å². The van der Waals surface area contributed by atoms with Gasteiger partial charge in [-0.2, -0.15) is 0 Å². The Labute approximate surface area is 128 Å². The van der Waals surface area contributed by atoms with E-state index in [1.165, 1.54) is 9.26 Å². The molecule has 2 aliphatic rings. The number of benzene rings is 1. The van der Waals surface area contributed by atoms with Gasteiger partial charge in [0.1, 0.15) is 0 Å². The van der Waals surface area contributed by atoms with Gasteiger partial charge in [-0.15, -0.1) is 0 Å². The summed E-state index contributed by atoms with van der Waals surface area (Å²) in [6.07, 6.45) is 4.27. The molecule has 19 heavy (non-hydrogen) atoms. The predicted molar refractivity (Wildman–Crippen MR) is 84.5 cm³/mol. The number of hydrogen-bond donors (Lipinski definition) is 1. The van der Waals surface area contributed by atoms with Crippen molar-refractivity contribution in [2.24, 2.45) is 0 Å². The van der Waals surface area contributed by atoms with E-state index in [1.807, 2.05) is 0 Å². The van der Waals surface area contributed by atoms with E-state index >= 15 is 0 Å². The van der Waals surface area contributed by atoms with Gasteiger partial charge in [0.2, 0.25) is 0 Å². The Morgan fingerprint density at radius 1 is 1.16 bits per heavy atom. The van der Waals surface area contributed by atoms with Crippen LogP contribution in [0, 0.1) is 3.57 Å². The molecule has 2 saturated heterocycles. The molecule has 1 atom stereocenters. The molecule has 2 aliphatic heterocycles. The van der Waals surface area contributed by atoms with Crippen LogP contribution in [0.15, 0.2) is 24.3 Å². The van der Waals surface area contributed by atoms with E-state index in [4.69, 9.17) is 9.47 Å². The lowest BCUT2D eigenvalue weighted by Gasteiger charge is -2.43. The minimum atomic E-state index is 0.0639. The van der Waals surface area contributed by atoms with Crippen LogP contribution in [0.1, 0.15) is 25.7 Å². The molecule has 2 heterocycles. The van der Waals surface area contributed by atoms with E-state index in [0.717, 1.165) is 45.5 Å².